The molecule has 48 heavy (non-hydrogen) atoms. The highest BCUT2D eigenvalue weighted by molar-refractivity contribution is 7.90. The summed E-state index contributed by atoms with van der Waals surface area (Å²) in [5.74, 6) is -5.15. The lowest BCUT2D eigenvalue weighted by atomic mass is 9.99. The molecule has 1 saturated heterocycles. The van der Waals surface area contributed by atoms with Crippen LogP contribution in [0.25, 0.3) is 11.1 Å². The molecule has 0 aliphatic carbocycles. The number of hydrogen-bond donors (Lipinski definition) is 2. The average molecular weight is 686 g/mol. The van der Waals surface area contributed by atoms with Crippen LogP contribution in [0.1, 0.15) is 46.6 Å². The van der Waals surface area contributed by atoms with Gasteiger partial charge < -0.3 is 19.8 Å². The lowest BCUT2D eigenvalue weighted by Crippen LogP contribution is -2.55. The van der Waals surface area contributed by atoms with Crippen LogP contribution in [0.2, 0.25) is 0 Å². The number of aryl methyl sites for hydroxylation is 1. The second kappa shape index (κ2) is 15.1. The van der Waals surface area contributed by atoms with Crippen LogP contribution in [0, 0.1) is 5.92 Å². The maximum absolute atomic E-state index is 13.8. The number of halogens is 3. The standard InChI is InChI=1S/C34H34F3N3O7S/c35-34(36,37)25-11-5-4-10-24(25)20-48(44,45)21-28(39-31(42)23-16-18-46-19-17-23)32(43)38-27(15-14-22-8-2-1-3-9-22)30(41)33-40-26-12-6-7-13-29(26)47-33/h1-13,23,27-28H,14-21H2,(H,38,43)(H,39,42)/t27-,28-/m0/s1. The minimum Gasteiger partial charge on any atom is -0.434 e. The van der Waals surface area contributed by atoms with E-state index in [9.17, 15) is 36.0 Å². The molecule has 4 aromatic rings. The fourth-order valence-corrected chi connectivity index (χ4v) is 7.11. The zero-order valence-electron chi connectivity index (χ0n) is 25.7. The summed E-state index contributed by atoms with van der Waals surface area (Å²) in [6.07, 6.45) is -3.73. The first-order valence-electron chi connectivity index (χ1n) is 15.4. The highest BCUT2D eigenvalue weighted by Crippen LogP contribution is 2.32. The van der Waals surface area contributed by atoms with Crippen molar-refractivity contribution in [3.63, 3.8) is 0 Å². The molecule has 1 aromatic heterocycles. The second-order valence-corrected chi connectivity index (χ2v) is 13.7. The number of carbonyl (C=O) groups excluding carboxylic acids is 3. The van der Waals surface area contributed by atoms with E-state index < -0.39 is 74.2 Å². The van der Waals surface area contributed by atoms with E-state index in [0.29, 0.717) is 43.6 Å². The number of benzene rings is 3. The summed E-state index contributed by atoms with van der Waals surface area (Å²) in [5.41, 5.74) is 0.0107. The topological polar surface area (TPSA) is 145 Å². The molecule has 0 unspecified atom stereocenters. The molecule has 1 aliphatic heterocycles. The number of sulfone groups is 1. The van der Waals surface area contributed by atoms with E-state index in [1.807, 2.05) is 30.3 Å². The predicted octanol–water partition coefficient (Wildman–Crippen LogP) is 4.67. The number of oxazole rings is 1. The van der Waals surface area contributed by atoms with Crippen molar-refractivity contribution < 1.29 is 45.1 Å². The summed E-state index contributed by atoms with van der Waals surface area (Å²) >= 11 is 0. The molecule has 2 N–H and O–H groups in total. The molecular weight excluding hydrogens is 651 g/mol. The maximum Gasteiger partial charge on any atom is 0.416 e. The van der Waals surface area contributed by atoms with Crippen molar-refractivity contribution >= 4 is 38.5 Å². The van der Waals surface area contributed by atoms with Gasteiger partial charge >= 0.3 is 6.18 Å². The monoisotopic (exact) mass is 685 g/mol. The minimum atomic E-state index is -4.81. The van der Waals surface area contributed by atoms with E-state index in [1.54, 1.807) is 24.3 Å². The van der Waals surface area contributed by atoms with Crippen LogP contribution in [0.15, 0.2) is 83.3 Å². The second-order valence-electron chi connectivity index (χ2n) is 11.6. The summed E-state index contributed by atoms with van der Waals surface area (Å²) < 4.78 is 78.7. The normalized spacial score (nSPS) is 15.5. The number of para-hydroxylation sites is 2. The molecule has 0 bridgehead atoms. The van der Waals surface area contributed by atoms with Crippen LogP contribution < -0.4 is 10.6 Å². The van der Waals surface area contributed by atoms with Gasteiger partial charge in [0, 0.05) is 19.1 Å². The molecule has 0 saturated carbocycles. The molecule has 3 aromatic carbocycles. The lowest BCUT2D eigenvalue weighted by molar-refractivity contribution is -0.138. The number of fused-ring (bicyclic) bond motifs is 1. The first kappa shape index (κ1) is 34.8. The van der Waals surface area contributed by atoms with Gasteiger partial charge in [-0.25, -0.2) is 13.4 Å². The molecule has 254 valence electrons. The Morgan fingerprint density at radius 1 is 0.875 bits per heavy atom. The Bertz CT molecular complexity index is 1820. The molecule has 2 heterocycles. The maximum atomic E-state index is 13.8. The van der Waals surface area contributed by atoms with Gasteiger partial charge in [-0.3, -0.25) is 14.4 Å². The number of carbonyl (C=O) groups is 3. The Hall–Kier alpha value is -4.56. The van der Waals surface area contributed by atoms with Gasteiger partial charge in [0.15, 0.2) is 15.4 Å². The van der Waals surface area contributed by atoms with E-state index in [0.717, 1.165) is 23.8 Å². The molecule has 14 heteroatoms. The van der Waals surface area contributed by atoms with Gasteiger partial charge in [-0.2, -0.15) is 13.2 Å². The Morgan fingerprint density at radius 2 is 1.54 bits per heavy atom. The van der Waals surface area contributed by atoms with Crippen molar-refractivity contribution in [3.8, 4) is 0 Å². The molecule has 1 aliphatic rings. The van der Waals surface area contributed by atoms with E-state index >= 15 is 0 Å². The van der Waals surface area contributed by atoms with Gasteiger partial charge in [0.2, 0.25) is 17.6 Å². The number of aromatic nitrogens is 1. The number of hydrogen-bond acceptors (Lipinski definition) is 8. The Morgan fingerprint density at radius 3 is 2.25 bits per heavy atom. The SMILES string of the molecule is O=C(N[C@@H](CS(=O)(=O)Cc1ccccc1C(F)(F)F)C(=O)N[C@@H](CCc1ccccc1)C(=O)c1nc2ccccc2o1)C1CCOCC1. The van der Waals surface area contributed by atoms with Crippen molar-refractivity contribution in [1.29, 1.82) is 0 Å². The van der Waals surface area contributed by atoms with Crippen molar-refractivity contribution in [2.75, 3.05) is 19.0 Å². The number of amides is 2. The summed E-state index contributed by atoms with van der Waals surface area (Å²) in [4.78, 5) is 45.0. The fraction of sp³-hybridized carbons (Fsp3) is 0.353. The van der Waals surface area contributed by atoms with Gasteiger partial charge in [0.05, 0.1) is 23.1 Å². The molecule has 2 amide bonds. The number of ether oxygens (including phenoxy) is 1. The predicted molar refractivity (Wildman–Crippen MR) is 169 cm³/mol. The number of ketones is 1. The largest absolute Gasteiger partial charge is 0.434 e. The summed E-state index contributed by atoms with van der Waals surface area (Å²) in [6, 6.07) is 17.1. The van der Waals surface area contributed by atoms with E-state index in [-0.39, 0.29) is 12.3 Å². The first-order chi connectivity index (χ1) is 22.9. The van der Waals surface area contributed by atoms with Crippen LogP contribution in [-0.4, -0.2) is 62.0 Å². The summed E-state index contributed by atoms with van der Waals surface area (Å²) in [6.45, 7) is 0.587. The van der Waals surface area contributed by atoms with Crippen molar-refractivity contribution in [3.05, 3.63) is 101 Å². The lowest BCUT2D eigenvalue weighted by Gasteiger charge is -2.26. The third-order valence-corrected chi connectivity index (χ3v) is 9.64. The smallest absolute Gasteiger partial charge is 0.416 e. The highest BCUT2D eigenvalue weighted by atomic mass is 32.2. The van der Waals surface area contributed by atoms with Crippen molar-refractivity contribution in [2.45, 2.75) is 49.7 Å². The first-order valence-corrected chi connectivity index (χ1v) is 17.2. The third kappa shape index (κ3) is 9.07. The van der Waals surface area contributed by atoms with E-state index in [2.05, 4.69) is 15.6 Å². The summed E-state index contributed by atoms with van der Waals surface area (Å²) in [5, 5.41) is 5.08. The van der Waals surface area contributed by atoms with Crippen LogP contribution in [0.5, 0.6) is 0 Å². The number of nitrogens with zero attached hydrogens (tertiary/aromatic N) is 1. The van der Waals surface area contributed by atoms with Gasteiger partial charge in [0.1, 0.15) is 11.6 Å². The molecule has 5 rings (SSSR count). The van der Waals surface area contributed by atoms with E-state index in [4.69, 9.17) is 9.15 Å². The van der Waals surface area contributed by atoms with E-state index in [1.165, 1.54) is 6.07 Å². The Kier molecular flexibility index (Phi) is 10.9. The molecule has 2 atom stereocenters. The number of Topliss-reactive ketones (excluding diaryl/α,β-unsaturated/α-hetero) is 1. The number of nitrogens with one attached hydrogen (secondary N) is 2. The average Bonchev–Trinajstić information content (AvgIpc) is 3.51. The van der Waals surface area contributed by atoms with Crippen LogP contribution >= 0.6 is 0 Å². The molecule has 0 radical (unpaired) electrons. The van der Waals surface area contributed by atoms with Gasteiger partial charge in [0.25, 0.3) is 5.89 Å². The number of rotatable bonds is 13. The van der Waals surface area contributed by atoms with Crippen molar-refractivity contribution in [1.82, 2.24) is 15.6 Å². The Balaban J connectivity index is 1.41. The quantitative estimate of drug-likeness (QED) is 0.193. The third-order valence-electron chi connectivity index (χ3n) is 8.05. The molecular formula is C34H34F3N3O7S. The van der Waals surface area contributed by atoms with Crippen LogP contribution in [-0.2, 0) is 42.5 Å². The van der Waals surface area contributed by atoms with Gasteiger partial charge in [-0.1, -0.05) is 60.7 Å². The molecule has 1 fully saturated rings. The van der Waals surface area contributed by atoms with Crippen LogP contribution in [0.3, 0.4) is 0 Å². The Labute approximate surface area is 275 Å². The van der Waals surface area contributed by atoms with Gasteiger partial charge in [-0.15, -0.1) is 0 Å². The number of alkyl halides is 3. The van der Waals surface area contributed by atoms with Crippen molar-refractivity contribution in [2.24, 2.45) is 5.92 Å². The summed E-state index contributed by atoms with van der Waals surface area (Å²) in [7, 11) is -4.43. The zero-order valence-corrected chi connectivity index (χ0v) is 26.6. The molecule has 10 nitrogen and oxygen atoms in total. The zero-order chi connectivity index (χ0) is 34.3. The van der Waals surface area contributed by atoms with Crippen LogP contribution in [0.4, 0.5) is 13.2 Å². The molecule has 0 spiro atoms. The van der Waals surface area contributed by atoms with Gasteiger partial charge in [-0.05, 0) is 55.0 Å². The minimum absolute atomic E-state index is 0.0691. The highest BCUT2D eigenvalue weighted by Gasteiger charge is 2.37. The fourth-order valence-electron chi connectivity index (χ4n) is 5.53.